The molecule has 11 rings (SSSR count). The van der Waals surface area contributed by atoms with Crippen molar-refractivity contribution in [2.24, 2.45) is 0 Å². The molecule has 3 heterocycles. The molecule has 1 saturated heterocycles. The molecule has 0 saturated carbocycles. The summed E-state index contributed by atoms with van der Waals surface area (Å²) < 4.78 is 36.7. The second-order valence-corrected chi connectivity index (χ2v) is 25.6. The smallest absolute Gasteiger partial charge is 0.261 e. The molecule has 8 aromatic carbocycles. The summed E-state index contributed by atoms with van der Waals surface area (Å²) in [6, 6.07) is 82.9. The van der Waals surface area contributed by atoms with Crippen LogP contribution in [0.3, 0.4) is 0 Å². The first-order valence-electron chi connectivity index (χ1n) is 26.9. The summed E-state index contributed by atoms with van der Waals surface area (Å²) in [5.41, 5.74) is 3.64. The Kier molecular flexibility index (Phi) is 14.9. The Bertz CT molecular complexity index is 3450. The van der Waals surface area contributed by atoms with Gasteiger partial charge in [-0.3, -0.25) is 0 Å². The van der Waals surface area contributed by atoms with Gasteiger partial charge in [0, 0.05) is 6.42 Å². The fraction of sp³-hybridized carbons (Fsp3) is 0.206. The standard InChI is InChI=1S/C68H66N4O6Si/c1-65(2,3)79(58-32-20-10-21-33-58,59-34-22-11-23-35-59)76-48-66(47-73)63(78-68(53-28-16-8-17-29-53,54-30-18-9-19-31-54)55-38-42-57(75-5)43-39-55)46-62(77-66)60-44-45-61-64(69-49-70-72(60)61)71-67(50-24-12-6-13-25-50,51-26-14-7-15-27-51)52-36-40-56(74-4)41-37-52/h6-45,49,62-63,73H,46-48H2,1-5H3,(H,69,70,71)/t62-,63+,66+/m1/s1. The van der Waals surface area contributed by atoms with Crippen LogP contribution in [-0.2, 0) is 25.0 Å². The molecule has 79 heavy (non-hydrogen) atoms. The summed E-state index contributed by atoms with van der Waals surface area (Å²) in [6.07, 6.45) is 0.471. The lowest BCUT2D eigenvalue weighted by Gasteiger charge is -2.46. The van der Waals surface area contributed by atoms with Crippen molar-refractivity contribution in [1.82, 2.24) is 14.6 Å². The fourth-order valence-corrected chi connectivity index (χ4v) is 16.6. The lowest BCUT2D eigenvalue weighted by Crippen LogP contribution is -2.68. The highest BCUT2D eigenvalue weighted by Crippen LogP contribution is 2.51. The van der Waals surface area contributed by atoms with Crippen LogP contribution in [0.25, 0.3) is 5.52 Å². The molecule has 2 aromatic heterocycles. The highest BCUT2D eigenvalue weighted by molar-refractivity contribution is 6.99. The quantitative estimate of drug-likeness (QED) is 0.0604. The monoisotopic (exact) mass is 1060 g/mol. The third kappa shape index (κ3) is 9.61. The van der Waals surface area contributed by atoms with Crippen molar-refractivity contribution < 1.29 is 28.5 Å². The van der Waals surface area contributed by atoms with Crippen LogP contribution in [-0.4, -0.2) is 67.2 Å². The molecule has 10 aromatic rings. The summed E-state index contributed by atoms with van der Waals surface area (Å²) in [5, 5.41) is 23.2. The predicted octanol–water partition coefficient (Wildman–Crippen LogP) is 12.3. The molecule has 0 aliphatic carbocycles. The molecule has 398 valence electrons. The van der Waals surface area contributed by atoms with E-state index >= 15 is 0 Å². The minimum absolute atomic E-state index is 0.00382. The zero-order chi connectivity index (χ0) is 54.5. The summed E-state index contributed by atoms with van der Waals surface area (Å²) in [4.78, 5) is 5.00. The van der Waals surface area contributed by atoms with Gasteiger partial charge in [0.1, 0.15) is 46.2 Å². The van der Waals surface area contributed by atoms with E-state index in [1.54, 1.807) is 20.5 Å². The van der Waals surface area contributed by atoms with Crippen LogP contribution >= 0.6 is 0 Å². The largest absolute Gasteiger partial charge is 0.497 e. The Morgan fingerprint density at radius 2 is 1.00 bits per heavy atom. The van der Waals surface area contributed by atoms with Crippen molar-refractivity contribution in [1.29, 1.82) is 0 Å². The maximum atomic E-state index is 12.4. The van der Waals surface area contributed by atoms with Gasteiger partial charge in [0.25, 0.3) is 8.32 Å². The molecule has 2 N–H and O–H groups in total. The lowest BCUT2D eigenvalue weighted by atomic mass is 9.77. The van der Waals surface area contributed by atoms with Crippen LogP contribution in [0.1, 0.15) is 72.4 Å². The molecule has 0 bridgehead atoms. The van der Waals surface area contributed by atoms with Crippen LogP contribution < -0.4 is 25.2 Å². The highest BCUT2D eigenvalue weighted by Gasteiger charge is 2.58. The second kappa shape index (κ2) is 22.3. The average Bonchev–Trinajstić information content (AvgIpc) is 4.36. The van der Waals surface area contributed by atoms with Gasteiger partial charge in [0.15, 0.2) is 5.82 Å². The Hall–Kier alpha value is -8.16. The number of rotatable bonds is 19. The number of aliphatic hydroxyl groups excluding tert-OH is 1. The van der Waals surface area contributed by atoms with Crippen LogP contribution in [0, 0.1) is 0 Å². The van der Waals surface area contributed by atoms with E-state index in [0.717, 1.165) is 66.5 Å². The molecule has 0 unspecified atom stereocenters. The van der Waals surface area contributed by atoms with Gasteiger partial charge in [0.05, 0.1) is 39.2 Å². The minimum atomic E-state index is -3.22. The summed E-state index contributed by atoms with van der Waals surface area (Å²) in [7, 11) is 0.124. The van der Waals surface area contributed by atoms with Crippen LogP contribution in [0.15, 0.2) is 249 Å². The Balaban J connectivity index is 1.08. The van der Waals surface area contributed by atoms with Gasteiger partial charge in [-0.15, -0.1) is 0 Å². The Labute approximate surface area is 464 Å². The maximum absolute atomic E-state index is 12.4. The minimum Gasteiger partial charge on any atom is -0.497 e. The SMILES string of the molecule is COc1ccc(C(Nc2ncnn3c([C@H]4C[C@H](OC(c5ccccc5)(c5ccccc5)c5ccc(OC)cc5)[C@](CO)(CO[Si](c5ccccc5)(c5ccccc5)C(C)(C)C)O4)ccc23)(c2ccccc2)c2ccccc2)cc1. The number of hydrogen-bond acceptors (Lipinski definition) is 9. The van der Waals surface area contributed by atoms with Crippen molar-refractivity contribution in [2.75, 3.05) is 32.8 Å². The van der Waals surface area contributed by atoms with Crippen molar-refractivity contribution in [3.63, 3.8) is 0 Å². The molecule has 0 radical (unpaired) electrons. The number of nitrogens with zero attached hydrogens (tertiary/aromatic N) is 3. The molecular weight excluding hydrogens is 997 g/mol. The van der Waals surface area contributed by atoms with Gasteiger partial charge in [-0.25, -0.2) is 9.50 Å². The number of aromatic nitrogens is 3. The van der Waals surface area contributed by atoms with Crippen molar-refractivity contribution in [3.8, 4) is 11.5 Å². The van der Waals surface area contributed by atoms with Crippen molar-refractivity contribution >= 4 is 30.0 Å². The van der Waals surface area contributed by atoms with Crippen LogP contribution in [0.5, 0.6) is 11.5 Å². The number of fused-ring (bicyclic) bond motifs is 1. The zero-order valence-electron chi connectivity index (χ0n) is 45.3. The topological polar surface area (TPSA) is 109 Å². The van der Waals surface area contributed by atoms with E-state index in [0.29, 0.717) is 12.2 Å². The van der Waals surface area contributed by atoms with Gasteiger partial charge in [0.2, 0.25) is 0 Å². The maximum Gasteiger partial charge on any atom is 0.261 e. The molecular formula is C68H66N4O6Si. The van der Waals surface area contributed by atoms with Gasteiger partial charge in [-0.05, 0) is 85.2 Å². The first-order valence-corrected chi connectivity index (χ1v) is 28.8. The predicted molar refractivity (Wildman–Crippen MR) is 315 cm³/mol. The Morgan fingerprint density at radius 3 is 1.46 bits per heavy atom. The third-order valence-electron chi connectivity index (χ3n) is 15.8. The van der Waals surface area contributed by atoms with E-state index in [1.165, 1.54) is 0 Å². The number of anilines is 1. The molecule has 11 heteroatoms. The first kappa shape index (κ1) is 52.9. The normalized spacial score (nSPS) is 16.9. The summed E-state index contributed by atoms with van der Waals surface area (Å²) in [6.45, 7) is 6.36. The lowest BCUT2D eigenvalue weighted by molar-refractivity contribution is -0.171. The molecule has 0 spiro atoms. The number of ether oxygens (including phenoxy) is 4. The van der Waals surface area contributed by atoms with E-state index in [1.807, 2.05) is 95.5 Å². The van der Waals surface area contributed by atoms with E-state index in [2.05, 4.69) is 178 Å². The molecule has 0 amide bonds. The number of methoxy groups -OCH3 is 2. The first-order chi connectivity index (χ1) is 38.6. The zero-order valence-corrected chi connectivity index (χ0v) is 46.3. The molecule has 1 aliphatic heterocycles. The van der Waals surface area contributed by atoms with Gasteiger partial charge < -0.3 is 33.8 Å². The average molecular weight is 1060 g/mol. The third-order valence-corrected chi connectivity index (χ3v) is 20.8. The number of hydrogen-bond donors (Lipinski definition) is 2. The highest BCUT2D eigenvalue weighted by atomic mass is 28.4. The van der Waals surface area contributed by atoms with E-state index in [9.17, 15) is 5.11 Å². The van der Waals surface area contributed by atoms with Gasteiger partial charge >= 0.3 is 0 Å². The van der Waals surface area contributed by atoms with E-state index < -0.39 is 43.9 Å². The molecule has 10 nitrogen and oxygen atoms in total. The summed E-state index contributed by atoms with van der Waals surface area (Å²) >= 11 is 0. The van der Waals surface area contributed by atoms with Crippen molar-refractivity contribution in [3.05, 3.63) is 288 Å². The second-order valence-electron chi connectivity index (χ2n) is 21.3. The Morgan fingerprint density at radius 1 is 0.570 bits per heavy atom. The number of nitrogens with one attached hydrogen (secondary N) is 1. The van der Waals surface area contributed by atoms with Gasteiger partial charge in [-0.1, -0.05) is 227 Å². The molecule has 1 aliphatic rings. The molecule has 3 atom stereocenters. The summed E-state index contributed by atoms with van der Waals surface area (Å²) in [5.74, 6) is 2.07. The van der Waals surface area contributed by atoms with Crippen LogP contribution in [0.2, 0.25) is 5.04 Å². The van der Waals surface area contributed by atoms with Crippen LogP contribution in [0.4, 0.5) is 5.82 Å². The number of benzene rings is 8. The van der Waals surface area contributed by atoms with E-state index in [4.69, 9.17) is 33.5 Å². The number of aliphatic hydroxyl groups is 1. The van der Waals surface area contributed by atoms with Gasteiger partial charge in [-0.2, -0.15) is 5.10 Å². The molecule has 1 fully saturated rings. The van der Waals surface area contributed by atoms with Crippen molar-refractivity contribution in [2.45, 2.75) is 61.2 Å². The fourth-order valence-electron chi connectivity index (χ4n) is 12.0. The van der Waals surface area contributed by atoms with E-state index in [-0.39, 0.29) is 11.6 Å².